The predicted molar refractivity (Wildman–Crippen MR) is 64.3 cm³/mol. The van der Waals surface area contributed by atoms with Crippen LogP contribution in [0, 0.1) is 5.82 Å². The van der Waals surface area contributed by atoms with Gasteiger partial charge in [0.2, 0.25) is 0 Å². The van der Waals surface area contributed by atoms with E-state index in [9.17, 15) is 22.7 Å². The standard InChI is InChI=1S/C11H11BrF4N2O/c12-7-5-8(13)9(17-6-7)18-3-1-10(19,2-4-18)11(14,15)16/h5-6,19H,1-4H2. The van der Waals surface area contributed by atoms with Crippen LogP contribution in [0.25, 0.3) is 0 Å². The third-order valence-corrected chi connectivity index (χ3v) is 3.64. The van der Waals surface area contributed by atoms with Crippen LogP contribution >= 0.6 is 15.9 Å². The smallest absolute Gasteiger partial charge is 0.380 e. The Hall–Kier alpha value is -0.890. The van der Waals surface area contributed by atoms with E-state index in [4.69, 9.17) is 0 Å². The highest BCUT2D eigenvalue weighted by Crippen LogP contribution is 2.39. The molecule has 2 rings (SSSR count). The van der Waals surface area contributed by atoms with Crippen molar-refractivity contribution in [1.82, 2.24) is 4.98 Å². The van der Waals surface area contributed by atoms with E-state index >= 15 is 0 Å². The molecule has 0 bridgehead atoms. The summed E-state index contributed by atoms with van der Waals surface area (Å²) in [7, 11) is 0. The predicted octanol–water partition coefficient (Wildman–Crippen LogP) is 2.88. The number of anilines is 1. The van der Waals surface area contributed by atoms with Crippen LogP contribution in [-0.4, -0.2) is 35.0 Å². The molecule has 0 spiro atoms. The molecule has 2 heterocycles. The normalized spacial score (nSPS) is 19.6. The van der Waals surface area contributed by atoms with Gasteiger partial charge in [-0.1, -0.05) is 0 Å². The summed E-state index contributed by atoms with van der Waals surface area (Å²) in [6, 6.07) is 1.20. The molecule has 1 fully saturated rings. The molecule has 0 radical (unpaired) electrons. The Balaban J connectivity index is 2.12. The van der Waals surface area contributed by atoms with Crippen LogP contribution in [0.2, 0.25) is 0 Å². The van der Waals surface area contributed by atoms with Crippen molar-refractivity contribution in [3.8, 4) is 0 Å². The molecule has 0 saturated carbocycles. The third kappa shape index (κ3) is 2.84. The Labute approximate surface area is 115 Å². The second-order valence-corrected chi connectivity index (χ2v) is 5.39. The van der Waals surface area contributed by atoms with E-state index in [0.29, 0.717) is 4.47 Å². The number of alkyl halides is 3. The van der Waals surface area contributed by atoms with Crippen molar-refractivity contribution in [2.24, 2.45) is 0 Å². The summed E-state index contributed by atoms with van der Waals surface area (Å²) in [6.45, 7) is -0.191. The summed E-state index contributed by atoms with van der Waals surface area (Å²) in [6.07, 6.45) is -4.27. The van der Waals surface area contributed by atoms with Gasteiger partial charge in [-0.3, -0.25) is 0 Å². The maximum Gasteiger partial charge on any atom is 0.417 e. The lowest BCUT2D eigenvalue weighted by Gasteiger charge is -2.39. The summed E-state index contributed by atoms with van der Waals surface area (Å²) in [5, 5.41) is 9.51. The van der Waals surface area contributed by atoms with Crippen molar-refractivity contribution in [2.45, 2.75) is 24.6 Å². The summed E-state index contributed by atoms with van der Waals surface area (Å²) < 4.78 is 52.0. The number of hydrogen-bond acceptors (Lipinski definition) is 3. The quantitative estimate of drug-likeness (QED) is 0.797. The lowest BCUT2D eigenvalue weighted by Crippen LogP contribution is -2.53. The zero-order valence-corrected chi connectivity index (χ0v) is 11.3. The van der Waals surface area contributed by atoms with E-state index in [0.717, 1.165) is 0 Å². The minimum Gasteiger partial charge on any atom is -0.380 e. The van der Waals surface area contributed by atoms with E-state index in [1.165, 1.54) is 17.2 Å². The van der Waals surface area contributed by atoms with Crippen LogP contribution in [0.15, 0.2) is 16.7 Å². The summed E-state index contributed by atoms with van der Waals surface area (Å²) >= 11 is 3.05. The first-order chi connectivity index (χ1) is 8.73. The lowest BCUT2D eigenvalue weighted by molar-refractivity contribution is -0.266. The fraction of sp³-hybridized carbons (Fsp3) is 0.545. The second kappa shape index (κ2) is 4.90. The Morgan fingerprint density at radius 3 is 2.37 bits per heavy atom. The first-order valence-electron chi connectivity index (χ1n) is 5.58. The highest BCUT2D eigenvalue weighted by atomic mass is 79.9. The number of pyridine rings is 1. The van der Waals surface area contributed by atoms with Crippen molar-refractivity contribution >= 4 is 21.7 Å². The Kier molecular flexibility index (Phi) is 3.74. The first-order valence-corrected chi connectivity index (χ1v) is 6.37. The molecule has 1 N–H and O–H groups in total. The van der Waals surface area contributed by atoms with Gasteiger partial charge in [-0.25, -0.2) is 9.37 Å². The van der Waals surface area contributed by atoms with Crippen molar-refractivity contribution in [1.29, 1.82) is 0 Å². The number of halogens is 5. The molecular formula is C11H11BrF4N2O. The monoisotopic (exact) mass is 342 g/mol. The van der Waals surface area contributed by atoms with Gasteiger partial charge >= 0.3 is 6.18 Å². The van der Waals surface area contributed by atoms with Gasteiger partial charge in [0.05, 0.1) is 0 Å². The number of hydrogen-bond donors (Lipinski definition) is 1. The Morgan fingerprint density at radius 2 is 1.89 bits per heavy atom. The van der Waals surface area contributed by atoms with Gasteiger partial charge in [0.15, 0.2) is 17.2 Å². The number of nitrogens with zero attached hydrogens (tertiary/aromatic N) is 2. The fourth-order valence-corrected chi connectivity index (χ4v) is 2.32. The van der Waals surface area contributed by atoms with Crippen LogP contribution in [0.4, 0.5) is 23.4 Å². The zero-order chi connectivity index (χ0) is 14.3. The molecule has 3 nitrogen and oxygen atoms in total. The average Bonchev–Trinajstić information content (AvgIpc) is 2.29. The number of aliphatic hydroxyl groups is 1. The SMILES string of the molecule is OC1(C(F)(F)F)CCN(c2ncc(Br)cc2F)CC1. The van der Waals surface area contributed by atoms with E-state index in [2.05, 4.69) is 20.9 Å². The largest absolute Gasteiger partial charge is 0.417 e. The fourth-order valence-electron chi connectivity index (χ4n) is 2.01. The minimum absolute atomic E-state index is 0.00687. The molecule has 1 aromatic heterocycles. The molecule has 1 saturated heterocycles. The van der Waals surface area contributed by atoms with Crippen LogP contribution in [0.5, 0.6) is 0 Å². The molecule has 0 aliphatic carbocycles. The molecule has 1 aliphatic rings. The molecule has 1 aromatic rings. The van der Waals surface area contributed by atoms with Crippen LogP contribution in [-0.2, 0) is 0 Å². The van der Waals surface area contributed by atoms with Crippen molar-refractivity contribution in [3.05, 3.63) is 22.6 Å². The molecule has 0 amide bonds. The molecule has 0 unspecified atom stereocenters. The van der Waals surface area contributed by atoms with E-state index in [1.54, 1.807) is 0 Å². The second-order valence-electron chi connectivity index (χ2n) is 4.48. The van der Waals surface area contributed by atoms with Gasteiger partial charge in [0.25, 0.3) is 0 Å². The summed E-state index contributed by atoms with van der Waals surface area (Å²) in [4.78, 5) is 5.26. The lowest BCUT2D eigenvalue weighted by atomic mass is 9.91. The number of aromatic nitrogens is 1. The van der Waals surface area contributed by atoms with Crippen LogP contribution in [0.1, 0.15) is 12.8 Å². The zero-order valence-electron chi connectivity index (χ0n) is 9.71. The first kappa shape index (κ1) is 14.5. The van der Waals surface area contributed by atoms with Crippen LogP contribution < -0.4 is 4.90 Å². The van der Waals surface area contributed by atoms with Crippen LogP contribution in [0.3, 0.4) is 0 Å². The van der Waals surface area contributed by atoms with Gasteiger partial charge < -0.3 is 10.0 Å². The Bertz CT molecular complexity index is 472. The minimum atomic E-state index is -4.66. The van der Waals surface area contributed by atoms with Crippen molar-refractivity contribution in [3.63, 3.8) is 0 Å². The summed E-state index contributed by atoms with van der Waals surface area (Å²) in [5.41, 5.74) is -2.69. The molecule has 0 atom stereocenters. The third-order valence-electron chi connectivity index (χ3n) is 3.21. The van der Waals surface area contributed by atoms with Gasteiger partial charge in [-0.2, -0.15) is 13.2 Å². The average molecular weight is 343 g/mol. The van der Waals surface area contributed by atoms with Crippen molar-refractivity contribution < 1.29 is 22.7 Å². The number of rotatable bonds is 1. The number of piperidine rings is 1. The maximum absolute atomic E-state index is 13.6. The van der Waals surface area contributed by atoms with Gasteiger partial charge in [0.1, 0.15) is 0 Å². The van der Waals surface area contributed by atoms with E-state index < -0.39 is 30.4 Å². The molecular weight excluding hydrogens is 332 g/mol. The highest BCUT2D eigenvalue weighted by Gasteiger charge is 2.54. The molecule has 0 aromatic carbocycles. The van der Waals surface area contributed by atoms with E-state index in [1.807, 2.05) is 0 Å². The summed E-state index contributed by atoms with van der Waals surface area (Å²) in [5.74, 6) is -0.598. The Morgan fingerprint density at radius 1 is 1.32 bits per heavy atom. The molecule has 19 heavy (non-hydrogen) atoms. The highest BCUT2D eigenvalue weighted by molar-refractivity contribution is 9.10. The van der Waals surface area contributed by atoms with Gasteiger partial charge in [-0.15, -0.1) is 0 Å². The molecule has 106 valence electrons. The van der Waals surface area contributed by atoms with Gasteiger partial charge in [-0.05, 0) is 22.0 Å². The maximum atomic E-state index is 13.6. The van der Waals surface area contributed by atoms with Crippen molar-refractivity contribution in [2.75, 3.05) is 18.0 Å². The molecule has 8 heteroatoms. The van der Waals surface area contributed by atoms with Gasteiger partial charge in [0, 0.05) is 36.6 Å². The molecule has 1 aliphatic heterocycles. The topological polar surface area (TPSA) is 36.4 Å². The van der Waals surface area contributed by atoms with E-state index in [-0.39, 0.29) is 18.9 Å².